The van der Waals surface area contributed by atoms with Crippen molar-refractivity contribution in [1.29, 1.82) is 0 Å². The average molecular weight is 421 g/mol. The topological polar surface area (TPSA) is 71.5 Å². The predicted molar refractivity (Wildman–Crippen MR) is 104 cm³/mol. The molecule has 2 amide bonds. The quantitative estimate of drug-likeness (QED) is 0.755. The Bertz CT molecular complexity index is 921. The highest BCUT2D eigenvalue weighted by atomic mass is 19.3. The Hall–Kier alpha value is -3.10. The second-order valence-corrected chi connectivity index (χ2v) is 7.28. The Labute approximate surface area is 172 Å². The number of amides is 2. The number of anilines is 1. The van der Waals surface area contributed by atoms with Gasteiger partial charge in [0.25, 0.3) is 6.43 Å². The van der Waals surface area contributed by atoms with Gasteiger partial charge in [0.05, 0.1) is 30.6 Å². The number of rotatable bonds is 4. The number of methoxy groups -OCH3 is 1. The number of likely N-dealkylation sites (tertiary alicyclic amines) is 1. The van der Waals surface area contributed by atoms with Crippen LogP contribution in [0.25, 0.3) is 0 Å². The van der Waals surface area contributed by atoms with Crippen molar-refractivity contribution in [3.8, 4) is 5.88 Å². The number of piperidine rings is 1. The normalized spacial score (nSPS) is 18.9. The van der Waals surface area contributed by atoms with Gasteiger partial charge < -0.3 is 15.0 Å². The molecular weight excluding hydrogens is 399 g/mol. The fourth-order valence-electron chi connectivity index (χ4n) is 3.59. The van der Waals surface area contributed by atoms with Crippen LogP contribution in [-0.2, 0) is 9.59 Å². The lowest BCUT2D eigenvalue weighted by molar-refractivity contribution is -0.146. The summed E-state index contributed by atoms with van der Waals surface area (Å²) in [6.07, 6.45) is -0.226. The van der Waals surface area contributed by atoms with Gasteiger partial charge >= 0.3 is 11.8 Å². The summed E-state index contributed by atoms with van der Waals surface area (Å²) in [5.74, 6) is -2.20. The number of benzene rings is 1. The molecule has 0 unspecified atom stereocenters. The maximum atomic E-state index is 13.3. The summed E-state index contributed by atoms with van der Waals surface area (Å²) in [5.41, 5.74) is 0.210. The molecule has 1 fully saturated rings. The molecule has 2 atom stereocenters. The molecule has 0 saturated carbocycles. The molecule has 0 bridgehead atoms. The van der Waals surface area contributed by atoms with Crippen LogP contribution in [0.3, 0.4) is 0 Å². The molecule has 1 N–H and O–H groups in total. The molecule has 30 heavy (non-hydrogen) atoms. The van der Waals surface area contributed by atoms with E-state index in [0.29, 0.717) is 13.0 Å². The lowest BCUT2D eigenvalue weighted by atomic mass is 9.90. The number of nitrogens with zero attached hydrogens (tertiary/aromatic N) is 2. The highest BCUT2D eigenvalue weighted by Gasteiger charge is 2.34. The van der Waals surface area contributed by atoms with E-state index < -0.39 is 23.8 Å². The summed E-state index contributed by atoms with van der Waals surface area (Å²) in [7, 11) is 1.21. The van der Waals surface area contributed by atoms with Crippen LogP contribution < -0.4 is 10.1 Å². The molecule has 1 aromatic heterocycles. The van der Waals surface area contributed by atoms with Gasteiger partial charge in [-0.1, -0.05) is 19.1 Å². The van der Waals surface area contributed by atoms with E-state index in [1.54, 1.807) is 12.1 Å². The number of ether oxygens (including phenoxy) is 1. The molecule has 6 nitrogen and oxygen atoms in total. The van der Waals surface area contributed by atoms with Crippen LogP contribution in [0, 0.1) is 11.7 Å². The zero-order chi connectivity index (χ0) is 21.8. The first-order valence-corrected chi connectivity index (χ1v) is 9.49. The van der Waals surface area contributed by atoms with Gasteiger partial charge in [0.1, 0.15) is 5.82 Å². The third-order valence-electron chi connectivity index (χ3n) is 5.09. The van der Waals surface area contributed by atoms with E-state index in [2.05, 4.69) is 10.3 Å². The summed E-state index contributed by atoms with van der Waals surface area (Å²) in [4.78, 5) is 30.7. The van der Waals surface area contributed by atoms with Gasteiger partial charge in [-0.25, -0.2) is 18.2 Å². The Balaban J connectivity index is 1.80. The van der Waals surface area contributed by atoms with Crippen molar-refractivity contribution in [3.05, 3.63) is 53.5 Å². The summed E-state index contributed by atoms with van der Waals surface area (Å²) in [6, 6.07) is 6.46. The van der Waals surface area contributed by atoms with Crippen LogP contribution in [0.4, 0.5) is 18.9 Å². The lowest BCUT2D eigenvalue weighted by Crippen LogP contribution is -2.46. The molecule has 1 aliphatic rings. The molecule has 1 aromatic carbocycles. The molecule has 0 radical (unpaired) electrons. The van der Waals surface area contributed by atoms with Crippen molar-refractivity contribution in [2.45, 2.75) is 32.2 Å². The molecule has 0 aliphatic carbocycles. The van der Waals surface area contributed by atoms with Gasteiger partial charge in [-0.05, 0) is 42.5 Å². The third kappa shape index (κ3) is 4.72. The number of hydrogen-bond acceptors (Lipinski definition) is 4. The van der Waals surface area contributed by atoms with E-state index in [1.165, 1.54) is 24.1 Å². The molecule has 0 spiro atoms. The van der Waals surface area contributed by atoms with E-state index in [0.717, 1.165) is 24.2 Å². The van der Waals surface area contributed by atoms with Gasteiger partial charge in [0, 0.05) is 6.54 Å². The van der Waals surface area contributed by atoms with Crippen molar-refractivity contribution in [3.63, 3.8) is 0 Å². The van der Waals surface area contributed by atoms with Crippen LogP contribution in [0.2, 0.25) is 0 Å². The van der Waals surface area contributed by atoms with E-state index in [1.807, 2.05) is 6.92 Å². The number of hydrogen-bond donors (Lipinski definition) is 1. The van der Waals surface area contributed by atoms with Crippen LogP contribution in [0.15, 0.2) is 36.5 Å². The summed E-state index contributed by atoms with van der Waals surface area (Å²) < 4.78 is 44.4. The molecule has 2 heterocycles. The zero-order valence-electron chi connectivity index (χ0n) is 16.6. The summed E-state index contributed by atoms with van der Waals surface area (Å²) in [6.45, 7) is 2.33. The molecule has 1 saturated heterocycles. The minimum Gasteiger partial charge on any atom is -0.481 e. The van der Waals surface area contributed by atoms with E-state index >= 15 is 0 Å². The summed E-state index contributed by atoms with van der Waals surface area (Å²) in [5, 5.41) is 2.34. The first-order chi connectivity index (χ1) is 14.3. The van der Waals surface area contributed by atoms with Crippen molar-refractivity contribution in [2.75, 3.05) is 19.0 Å². The van der Waals surface area contributed by atoms with Crippen molar-refractivity contribution in [2.24, 2.45) is 5.92 Å². The fourth-order valence-corrected chi connectivity index (χ4v) is 3.59. The van der Waals surface area contributed by atoms with Crippen LogP contribution in [-0.4, -0.2) is 35.4 Å². The van der Waals surface area contributed by atoms with Gasteiger partial charge in [-0.15, -0.1) is 0 Å². The van der Waals surface area contributed by atoms with Crippen LogP contribution in [0.5, 0.6) is 5.88 Å². The Kier molecular flexibility index (Phi) is 6.59. The standard InChI is InChI=1S/C21H22F3N3O3/c1-12-3-8-17(13-4-6-14(22)7-5-13)27(11-12)21(29)19(28)26-15-9-16(18(23)24)20(30-2)25-10-15/h4-7,9-10,12,17-18H,3,8,11H2,1-2H3,(H,26,28)/t12-,17+/m1/s1. The van der Waals surface area contributed by atoms with Crippen LogP contribution in [0.1, 0.15) is 43.4 Å². The second-order valence-electron chi connectivity index (χ2n) is 7.28. The monoisotopic (exact) mass is 421 g/mol. The van der Waals surface area contributed by atoms with Crippen molar-refractivity contribution in [1.82, 2.24) is 9.88 Å². The number of alkyl halides is 2. The molecular formula is C21H22F3N3O3. The van der Waals surface area contributed by atoms with Crippen molar-refractivity contribution < 1.29 is 27.5 Å². The SMILES string of the molecule is COc1ncc(NC(=O)C(=O)N2C[C@H](C)CC[C@H]2c2ccc(F)cc2)cc1C(F)F. The maximum Gasteiger partial charge on any atom is 0.313 e. The molecule has 9 heteroatoms. The fraction of sp³-hybridized carbons (Fsp3) is 0.381. The minimum absolute atomic E-state index is 0.0344. The largest absolute Gasteiger partial charge is 0.481 e. The van der Waals surface area contributed by atoms with Gasteiger partial charge in [0.15, 0.2) is 0 Å². The summed E-state index contributed by atoms with van der Waals surface area (Å²) >= 11 is 0. The van der Waals surface area contributed by atoms with Gasteiger partial charge in [-0.3, -0.25) is 9.59 Å². The second kappa shape index (κ2) is 9.15. The maximum absolute atomic E-state index is 13.3. The van der Waals surface area contributed by atoms with Gasteiger partial charge in [0.2, 0.25) is 5.88 Å². The lowest BCUT2D eigenvalue weighted by Gasteiger charge is -2.38. The highest BCUT2D eigenvalue weighted by molar-refractivity contribution is 6.39. The van der Waals surface area contributed by atoms with Crippen molar-refractivity contribution >= 4 is 17.5 Å². The first kappa shape index (κ1) is 21.6. The minimum atomic E-state index is -2.86. The van der Waals surface area contributed by atoms with E-state index in [-0.39, 0.29) is 29.3 Å². The first-order valence-electron chi connectivity index (χ1n) is 9.49. The predicted octanol–water partition coefficient (Wildman–Crippen LogP) is 4.11. The zero-order valence-corrected chi connectivity index (χ0v) is 16.6. The number of carbonyl (C=O) groups excluding carboxylic acids is 2. The number of pyridine rings is 1. The number of aromatic nitrogens is 1. The number of carbonyl (C=O) groups is 2. The van der Waals surface area contributed by atoms with Crippen LogP contribution >= 0.6 is 0 Å². The molecule has 3 rings (SSSR count). The Morgan fingerprint density at radius 1 is 1.23 bits per heavy atom. The van der Waals surface area contributed by atoms with E-state index in [9.17, 15) is 22.8 Å². The molecule has 1 aliphatic heterocycles. The average Bonchev–Trinajstić information content (AvgIpc) is 2.73. The molecule has 160 valence electrons. The highest BCUT2D eigenvalue weighted by Crippen LogP contribution is 2.34. The number of nitrogens with one attached hydrogen (secondary N) is 1. The smallest absolute Gasteiger partial charge is 0.313 e. The van der Waals surface area contributed by atoms with E-state index in [4.69, 9.17) is 4.74 Å². The Morgan fingerprint density at radius 2 is 1.93 bits per heavy atom. The van der Waals surface area contributed by atoms with Gasteiger partial charge in [-0.2, -0.15) is 0 Å². The number of halogens is 3. The Morgan fingerprint density at radius 3 is 2.57 bits per heavy atom. The molecule has 2 aromatic rings. The third-order valence-corrected chi connectivity index (χ3v) is 5.09.